The van der Waals surface area contributed by atoms with Gasteiger partial charge in [0.05, 0.1) is 11.2 Å². The van der Waals surface area contributed by atoms with Crippen molar-refractivity contribution < 1.29 is 4.79 Å². The van der Waals surface area contributed by atoms with Crippen molar-refractivity contribution in [3.05, 3.63) is 102 Å². The maximum atomic E-state index is 13.6. The van der Waals surface area contributed by atoms with Crippen LogP contribution >= 0.6 is 0 Å². The van der Waals surface area contributed by atoms with Crippen LogP contribution in [0.4, 0.5) is 10.5 Å². The van der Waals surface area contributed by atoms with Crippen LogP contribution < -0.4 is 4.90 Å². The number of amides is 1. The summed E-state index contributed by atoms with van der Waals surface area (Å²) in [4.78, 5) is 15.5. The monoisotopic (exact) mass is 338 g/mol. The number of para-hydroxylation sites is 2. The molecule has 26 heavy (non-hydrogen) atoms. The van der Waals surface area contributed by atoms with Crippen molar-refractivity contribution in [2.75, 3.05) is 4.90 Å². The molecular formula is C23H18N2O. The van der Waals surface area contributed by atoms with Gasteiger partial charge in [-0.1, -0.05) is 66.7 Å². The van der Waals surface area contributed by atoms with Crippen molar-refractivity contribution in [3.8, 4) is 0 Å². The van der Waals surface area contributed by atoms with Crippen LogP contribution in [0.3, 0.4) is 0 Å². The first-order valence-corrected chi connectivity index (χ1v) is 8.77. The number of aromatic nitrogens is 1. The van der Waals surface area contributed by atoms with Crippen LogP contribution in [-0.2, 0) is 5.54 Å². The zero-order chi connectivity index (χ0) is 17.7. The van der Waals surface area contributed by atoms with Gasteiger partial charge in [-0.3, -0.25) is 9.47 Å². The van der Waals surface area contributed by atoms with Gasteiger partial charge < -0.3 is 0 Å². The van der Waals surface area contributed by atoms with Gasteiger partial charge >= 0.3 is 6.03 Å². The lowest BCUT2D eigenvalue weighted by Crippen LogP contribution is -2.42. The van der Waals surface area contributed by atoms with Gasteiger partial charge in [-0.2, -0.15) is 0 Å². The smallest absolute Gasteiger partial charge is 0.278 e. The van der Waals surface area contributed by atoms with Gasteiger partial charge in [0.1, 0.15) is 5.54 Å². The number of hydrogen-bond donors (Lipinski definition) is 0. The summed E-state index contributed by atoms with van der Waals surface area (Å²) in [6.45, 7) is 2.13. The zero-order valence-electron chi connectivity index (χ0n) is 14.5. The minimum Gasteiger partial charge on any atom is -0.278 e. The summed E-state index contributed by atoms with van der Waals surface area (Å²) in [6.07, 6.45) is 0. The highest BCUT2D eigenvalue weighted by Gasteiger charge is 2.49. The van der Waals surface area contributed by atoms with Crippen molar-refractivity contribution in [1.29, 1.82) is 0 Å². The minimum absolute atomic E-state index is 0.0150. The number of carbonyl (C=O) groups is 1. The van der Waals surface area contributed by atoms with E-state index in [1.165, 1.54) is 0 Å². The fourth-order valence-corrected chi connectivity index (χ4v) is 4.11. The molecule has 0 saturated heterocycles. The predicted octanol–water partition coefficient (Wildman–Crippen LogP) is 5.39. The van der Waals surface area contributed by atoms with E-state index in [9.17, 15) is 4.79 Å². The van der Waals surface area contributed by atoms with E-state index in [0.29, 0.717) is 0 Å². The summed E-state index contributed by atoms with van der Waals surface area (Å²) in [5, 5.41) is 1.09. The van der Waals surface area contributed by atoms with Crippen molar-refractivity contribution >= 4 is 22.6 Å². The summed E-state index contributed by atoms with van der Waals surface area (Å²) < 4.78 is 1.86. The molecule has 1 aliphatic heterocycles. The molecule has 3 heteroatoms. The Labute approximate surface area is 152 Å². The van der Waals surface area contributed by atoms with Gasteiger partial charge in [0.15, 0.2) is 0 Å². The standard InChI is InChI=1S/C23H18N2O/c1-23(18-11-4-2-5-12-18)21-16-17-10-8-9-15-20(17)24(21)22(26)25(23)19-13-6-3-7-14-19/h2-16H,1H3. The quantitative estimate of drug-likeness (QED) is 0.481. The Morgan fingerprint density at radius 3 is 2.12 bits per heavy atom. The molecule has 1 atom stereocenters. The van der Waals surface area contributed by atoms with Crippen LogP contribution in [0.5, 0.6) is 0 Å². The second kappa shape index (κ2) is 5.33. The molecule has 1 aliphatic rings. The number of hydrogen-bond acceptors (Lipinski definition) is 1. The molecule has 1 aromatic heterocycles. The molecule has 3 nitrogen and oxygen atoms in total. The Balaban J connectivity index is 1.85. The van der Waals surface area contributed by atoms with Crippen LogP contribution in [0.25, 0.3) is 10.9 Å². The number of nitrogens with zero attached hydrogens (tertiary/aromatic N) is 2. The molecule has 0 radical (unpaired) electrons. The van der Waals surface area contributed by atoms with E-state index in [0.717, 1.165) is 27.8 Å². The topological polar surface area (TPSA) is 25.2 Å². The molecule has 0 N–H and O–H groups in total. The first-order chi connectivity index (χ1) is 12.7. The van der Waals surface area contributed by atoms with Crippen molar-refractivity contribution in [2.45, 2.75) is 12.5 Å². The summed E-state index contributed by atoms with van der Waals surface area (Å²) >= 11 is 0. The Hall–Kier alpha value is -3.33. The zero-order valence-corrected chi connectivity index (χ0v) is 14.5. The third-order valence-corrected chi connectivity index (χ3v) is 5.39. The molecule has 0 bridgehead atoms. The first kappa shape index (κ1) is 15.0. The second-order valence-corrected chi connectivity index (χ2v) is 6.82. The highest BCUT2D eigenvalue weighted by molar-refractivity contribution is 6.06. The third kappa shape index (κ3) is 1.85. The van der Waals surface area contributed by atoms with E-state index in [1.54, 1.807) is 0 Å². The largest absolute Gasteiger partial charge is 0.334 e. The average molecular weight is 338 g/mol. The van der Waals surface area contributed by atoms with Gasteiger partial charge in [-0.25, -0.2) is 4.79 Å². The van der Waals surface area contributed by atoms with E-state index < -0.39 is 5.54 Å². The number of fused-ring (bicyclic) bond motifs is 3. The first-order valence-electron chi connectivity index (χ1n) is 8.77. The molecule has 126 valence electrons. The van der Waals surface area contributed by atoms with Gasteiger partial charge in [-0.15, -0.1) is 0 Å². The minimum atomic E-state index is -0.571. The maximum absolute atomic E-state index is 13.6. The highest BCUT2D eigenvalue weighted by atomic mass is 16.2. The lowest BCUT2D eigenvalue weighted by molar-refractivity contribution is 0.249. The van der Waals surface area contributed by atoms with Crippen LogP contribution in [0.2, 0.25) is 0 Å². The van der Waals surface area contributed by atoms with Crippen molar-refractivity contribution in [3.63, 3.8) is 0 Å². The van der Waals surface area contributed by atoms with Gasteiger partial charge in [0, 0.05) is 11.1 Å². The Morgan fingerprint density at radius 1 is 0.769 bits per heavy atom. The van der Waals surface area contributed by atoms with E-state index >= 15 is 0 Å². The Bertz CT molecular complexity index is 1110. The number of anilines is 1. The summed E-state index contributed by atoms with van der Waals surface area (Å²) in [6, 6.07) is 30.3. The molecule has 0 fully saturated rings. The summed E-state index contributed by atoms with van der Waals surface area (Å²) in [5.41, 5.74) is 3.38. The van der Waals surface area contributed by atoms with E-state index in [1.807, 2.05) is 76.2 Å². The molecule has 4 aromatic rings. The van der Waals surface area contributed by atoms with Crippen LogP contribution in [0.15, 0.2) is 91.0 Å². The lowest BCUT2D eigenvalue weighted by atomic mass is 9.87. The Kier molecular flexibility index (Phi) is 3.07. The molecule has 0 spiro atoms. The van der Waals surface area contributed by atoms with E-state index in [4.69, 9.17) is 0 Å². The molecule has 1 amide bonds. The molecule has 5 rings (SSSR count). The lowest BCUT2D eigenvalue weighted by Gasteiger charge is -2.35. The molecule has 1 unspecified atom stereocenters. The number of benzene rings is 3. The second-order valence-electron chi connectivity index (χ2n) is 6.82. The predicted molar refractivity (Wildman–Crippen MR) is 105 cm³/mol. The fourth-order valence-electron chi connectivity index (χ4n) is 4.11. The third-order valence-electron chi connectivity index (χ3n) is 5.39. The van der Waals surface area contributed by atoms with Gasteiger partial charge in [-0.05, 0) is 36.8 Å². The maximum Gasteiger partial charge on any atom is 0.334 e. The summed E-state index contributed by atoms with van der Waals surface area (Å²) in [7, 11) is 0. The molecule has 0 aliphatic carbocycles. The van der Waals surface area contributed by atoms with Crippen molar-refractivity contribution in [1.82, 2.24) is 4.57 Å². The molecular weight excluding hydrogens is 320 g/mol. The average Bonchev–Trinajstić information content (AvgIpc) is 3.18. The van der Waals surface area contributed by atoms with Crippen LogP contribution in [0.1, 0.15) is 18.2 Å². The summed E-state index contributed by atoms with van der Waals surface area (Å²) in [5.74, 6) is 0. The van der Waals surface area contributed by atoms with Gasteiger partial charge in [0.2, 0.25) is 0 Å². The van der Waals surface area contributed by atoms with Crippen molar-refractivity contribution in [2.24, 2.45) is 0 Å². The fraction of sp³-hybridized carbons (Fsp3) is 0.0870. The molecule has 2 heterocycles. The highest BCUT2D eigenvalue weighted by Crippen LogP contribution is 2.46. The number of rotatable bonds is 2. The SMILES string of the molecule is CC1(c2ccccc2)c2cc3ccccc3n2C(=O)N1c1ccccc1. The number of carbonyl (C=O) groups excluding carboxylic acids is 1. The molecule has 0 saturated carbocycles. The van der Waals surface area contributed by atoms with E-state index in [-0.39, 0.29) is 6.03 Å². The van der Waals surface area contributed by atoms with Crippen LogP contribution in [-0.4, -0.2) is 10.6 Å². The molecule has 3 aromatic carbocycles. The van der Waals surface area contributed by atoms with E-state index in [2.05, 4.69) is 31.2 Å². The normalized spacial score (nSPS) is 19.1. The van der Waals surface area contributed by atoms with Gasteiger partial charge in [0.25, 0.3) is 0 Å². The Morgan fingerprint density at radius 2 is 1.38 bits per heavy atom. The van der Waals surface area contributed by atoms with Crippen LogP contribution in [0, 0.1) is 0 Å².